The van der Waals surface area contributed by atoms with E-state index in [0.29, 0.717) is 5.92 Å². The molecular formula is C6H13NO. The van der Waals surface area contributed by atoms with E-state index in [0.717, 1.165) is 12.8 Å². The van der Waals surface area contributed by atoms with Gasteiger partial charge in [0, 0.05) is 6.04 Å². The standard InChI is InChI=1S/C6H13NO/c1-4(7)5-2-3-6(5)8/h4-6,8H,2-3,7H2,1H3/t4?,5-,6+/m1/s1. The summed E-state index contributed by atoms with van der Waals surface area (Å²) >= 11 is 0. The fourth-order valence-corrected chi connectivity index (χ4v) is 1.12. The van der Waals surface area contributed by atoms with Gasteiger partial charge in [-0.3, -0.25) is 0 Å². The predicted octanol–water partition coefficient (Wildman–Crippen LogP) is 0.104. The van der Waals surface area contributed by atoms with Gasteiger partial charge in [0.1, 0.15) is 0 Å². The Hall–Kier alpha value is -0.0800. The van der Waals surface area contributed by atoms with Crippen molar-refractivity contribution in [3.8, 4) is 0 Å². The molecule has 1 aliphatic carbocycles. The van der Waals surface area contributed by atoms with Crippen molar-refractivity contribution < 1.29 is 5.11 Å². The summed E-state index contributed by atoms with van der Waals surface area (Å²) in [6, 6.07) is 0.179. The monoisotopic (exact) mass is 115 g/mol. The van der Waals surface area contributed by atoms with Gasteiger partial charge in [-0.25, -0.2) is 0 Å². The zero-order valence-electron chi connectivity index (χ0n) is 5.17. The normalized spacial score (nSPS) is 40.9. The molecule has 8 heavy (non-hydrogen) atoms. The average Bonchev–Trinajstić information content (AvgIpc) is 1.61. The van der Waals surface area contributed by atoms with E-state index in [1.54, 1.807) is 0 Å². The van der Waals surface area contributed by atoms with Crippen molar-refractivity contribution in [2.24, 2.45) is 11.7 Å². The third kappa shape index (κ3) is 0.858. The third-order valence-electron chi connectivity index (χ3n) is 1.97. The van der Waals surface area contributed by atoms with Crippen LogP contribution in [0.5, 0.6) is 0 Å². The fourth-order valence-electron chi connectivity index (χ4n) is 1.12. The van der Waals surface area contributed by atoms with Crippen LogP contribution in [0.1, 0.15) is 19.8 Å². The van der Waals surface area contributed by atoms with Crippen LogP contribution in [0.15, 0.2) is 0 Å². The first-order valence-corrected chi connectivity index (χ1v) is 3.15. The van der Waals surface area contributed by atoms with E-state index in [-0.39, 0.29) is 12.1 Å². The van der Waals surface area contributed by atoms with Gasteiger partial charge in [-0.1, -0.05) is 0 Å². The Labute approximate surface area is 49.7 Å². The molecule has 0 aromatic rings. The summed E-state index contributed by atoms with van der Waals surface area (Å²) in [7, 11) is 0. The maximum atomic E-state index is 9.00. The quantitative estimate of drug-likeness (QED) is 0.509. The number of hydrogen-bond donors (Lipinski definition) is 2. The minimum absolute atomic E-state index is 0.102. The van der Waals surface area contributed by atoms with Crippen molar-refractivity contribution in [3.63, 3.8) is 0 Å². The van der Waals surface area contributed by atoms with Crippen LogP contribution in [0.2, 0.25) is 0 Å². The molecule has 0 bridgehead atoms. The van der Waals surface area contributed by atoms with Crippen LogP contribution >= 0.6 is 0 Å². The summed E-state index contributed by atoms with van der Waals surface area (Å²) in [4.78, 5) is 0. The van der Waals surface area contributed by atoms with Gasteiger partial charge in [-0.2, -0.15) is 0 Å². The Morgan fingerprint density at radius 3 is 2.25 bits per heavy atom. The molecule has 1 aliphatic rings. The first-order valence-electron chi connectivity index (χ1n) is 3.15. The molecular weight excluding hydrogens is 102 g/mol. The molecule has 1 fully saturated rings. The maximum absolute atomic E-state index is 9.00. The maximum Gasteiger partial charge on any atom is 0.0583 e. The molecule has 0 aromatic carbocycles. The lowest BCUT2D eigenvalue weighted by atomic mass is 9.78. The van der Waals surface area contributed by atoms with Gasteiger partial charge in [-0.15, -0.1) is 0 Å². The van der Waals surface area contributed by atoms with Crippen molar-refractivity contribution in [1.82, 2.24) is 0 Å². The largest absolute Gasteiger partial charge is 0.393 e. The molecule has 0 aromatic heterocycles. The molecule has 0 aliphatic heterocycles. The van der Waals surface area contributed by atoms with Crippen LogP contribution in [0.3, 0.4) is 0 Å². The molecule has 0 heterocycles. The lowest BCUT2D eigenvalue weighted by Gasteiger charge is -2.35. The molecule has 48 valence electrons. The van der Waals surface area contributed by atoms with Gasteiger partial charge in [0.05, 0.1) is 6.10 Å². The zero-order chi connectivity index (χ0) is 6.15. The smallest absolute Gasteiger partial charge is 0.0583 e. The van der Waals surface area contributed by atoms with Crippen molar-refractivity contribution in [2.45, 2.75) is 31.9 Å². The Kier molecular flexibility index (Phi) is 1.54. The van der Waals surface area contributed by atoms with E-state index in [9.17, 15) is 0 Å². The average molecular weight is 115 g/mol. The summed E-state index contributed by atoms with van der Waals surface area (Å²) in [5.41, 5.74) is 5.53. The summed E-state index contributed by atoms with van der Waals surface area (Å²) in [6.45, 7) is 1.95. The lowest BCUT2D eigenvalue weighted by Crippen LogP contribution is -2.42. The molecule has 2 heteroatoms. The number of nitrogens with two attached hydrogens (primary N) is 1. The van der Waals surface area contributed by atoms with Crippen LogP contribution in [0.25, 0.3) is 0 Å². The molecule has 0 spiro atoms. The van der Waals surface area contributed by atoms with E-state index in [2.05, 4.69) is 0 Å². The first-order chi connectivity index (χ1) is 3.72. The minimum atomic E-state index is -0.102. The van der Waals surface area contributed by atoms with Gasteiger partial charge >= 0.3 is 0 Å². The highest BCUT2D eigenvalue weighted by molar-refractivity contribution is 4.85. The van der Waals surface area contributed by atoms with Crippen molar-refractivity contribution in [2.75, 3.05) is 0 Å². The highest BCUT2D eigenvalue weighted by Gasteiger charge is 2.31. The molecule has 1 rings (SSSR count). The van der Waals surface area contributed by atoms with Gasteiger partial charge in [0.15, 0.2) is 0 Å². The zero-order valence-corrected chi connectivity index (χ0v) is 5.17. The molecule has 3 atom stereocenters. The van der Waals surface area contributed by atoms with E-state index < -0.39 is 0 Å². The van der Waals surface area contributed by atoms with Crippen molar-refractivity contribution in [1.29, 1.82) is 0 Å². The Balaban J connectivity index is 2.26. The summed E-state index contributed by atoms with van der Waals surface area (Å²) < 4.78 is 0. The molecule has 0 amide bonds. The minimum Gasteiger partial charge on any atom is -0.393 e. The number of aliphatic hydroxyl groups is 1. The first kappa shape index (κ1) is 6.05. The van der Waals surface area contributed by atoms with E-state index >= 15 is 0 Å². The van der Waals surface area contributed by atoms with Gasteiger partial charge < -0.3 is 10.8 Å². The van der Waals surface area contributed by atoms with Crippen LogP contribution in [0, 0.1) is 5.92 Å². The summed E-state index contributed by atoms with van der Waals surface area (Å²) in [5, 5.41) is 9.00. The van der Waals surface area contributed by atoms with Crippen LogP contribution in [-0.2, 0) is 0 Å². The Morgan fingerprint density at radius 1 is 1.62 bits per heavy atom. The summed E-state index contributed by atoms with van der Waals surface area (Å²) in [5.74, 6) is 0.384. The molecule has 0 radical (unpaired) electrons. The second kappa shape index (κ2) is 2.03. The van der Waals surface area contributed by atoms with Gasteiger partial charge in [-0.05, 0) is 25.7 Å². The second-order valence-electron chi connectivity index (χ2n) is 2.67. The fraction of sp³-hybridized carbons (Fsp3) is 1.00. The molecule has 0 saturated heterocycles. The van der Waals surface area contributed by atoms with E-state index in [1.807, 2.05) is 6.92 Å². The predicted molar refractivity (Wildman–Crippen MR) is 32.4 cm³/mol. The van der Waals surface area contributed by atoms with Crippen LogP contribution in [-0.4, -0.2) is 17.3 Å². The topological polar surface area (TPSA) is 46.2 Å². The molecule has 1 saturated carbocycles. The summed E-state index contributed by atoms with van der Waals surface area (Å²) in [6.07, 6.45) is 1.96. The lowest BCUT2D eigenvalue weighted by molar-refractivity contribution is 0.0131. The molecule has 1 unspecified atom stereocenters. The van der Waals surface area contributed by atoms with Crippen molar-refractivity contribution in [3.05, 3.63) is 0 Å². The Bertz CT molecular complexity index is 77.8. The van der Waals surface area contributed by atoms with E-state index in [4.69, 9.17) is 10.8 Å². The third-order valence-corrected chi connectivity index (χ3v) is 1.97. The second-order valence-corrected chi connectivity index (χ2v) is 2.67. The molecule has 3 N–H and O–H groups in total. The van der Waals surface area contributed by atoms with Crippen LogP contribution < -0.4 is 5.73 Å². The highest BCUT2D eigenvalue weighted by atomic mass is 16.3. The molecule has 2 nitrogen and oxygen atoms in total. The van der Waals surface area contributed by atoms with Gasteiger partial charge in [0.2, 0.25) is 0 Å². The Morgan fingerprint density at radius 2 is 2.25 bits per heavy atom. The van der Waals surface area contributed by atoms with Crippen molar-refractivity contribution >= 4 is 0 Å². The van der Waals surface area contributed by atoms with Crippen LogP contribution in [0.4, 0.5) is 0 Å². The number of rotatable bonds is 1. The number of hydrogen-bond acceptors (Lipinski definition) is 2. The van der Waals surface area contributed by atoms with E-state index in [1.165, 1.54) is 0 Å². The van der Waals surface area contributed by atoms with Gasteiger partial charge in [0.25, 0.3) is 0 Å². The number of aliphatic hydroxyl groups excluding tert-OH is 1. The SMILES string of the molecule is CC(N)[C@H]1CC[C@@H]1O. The highest BCUT2D eigenvalue weighted by Crippen LogP contribution is 2.28.